The van der Waals surface area contributed by atoms with Gasteiger partial charge < -0.3 is 0 Å². The lowest BCUT2D eigenvalue weighted by molar-refractivity contribution is 0.608. The van der Waals surface area contributed by atoms with E-state index in [1.807, 2.05) is 6.92 Å². The summed E-state index contributed by atoms with van der Waals surface area (Å²) >= 11 is 5.73. The minimum atomic E-state index is -3.74. The Morgan fingerprint density at radius 2 is 2.00 bits per heavy atom. The summed E-state index contributed by atoms with van der Waals surface area (Å²) < 4.78 is 22.2. The molecule has 0 aliphatic carbocycles. The Kier molecular flexibility index (Phi) is 3.22. The van der Waals surface area contributed by atoms with Gasteiger partial charge in [0.15, 0.2) is 0 Å². The summed E-state index contributed by atoms with van der Waals surface area (Å²) in [4.78, 5) is 0.0285. The molecule has 0 aliphatic heterocycles. The molecule has 0 amide bonds. The van der Waals surface area contributed by atoms with Gasteiger partial charge >= 0.3 is 0 Å². The first-order valence-electron chi connectivity index (χ1n) is 3.69. The van der Waals surface area contributed by atoms with Crippen molar-refractivity contribution in [2.75, 3.05) is 0 Å². The number of hydrogen-bond acceptors (Lipinski definition) is 2. The fraction of sp³-hybridized carbons (Fsp3) is 0.250. The van der Waals surface area contributed by atoms with Crippen LogP contribution in [0.15, 0.2) is 23.1 Å². The standard InChI is InChI=1S/C8H8Cl2O2S/c1-2-6-4-3-5-7(9)8(6)13(10,11)12/h3-5H,2H2,1H3. The molecular weight excluding hydrogens is 231 g/mol. The fourth-order valence-electron chi connectivity index (χ4n) is 1.10. The lowest BCUT2D eigenvalue weighted by Crippen LogP contribution is -1.97. The monoisotopic (exact) mass is 238 g/mol. The zero-order chi connectivity index (χ0) is 10.1. The maximum Gasteiger partial charge on any atom is 0.263 e. The van der Waals surface area contributed by atoms with Crippen LogP contribution in [-0.2, 0) is 15.5 Å². The Morgan fingerprint density at radius 1 is 1.38 bits per heavy atom. The van der Waals surface area contributed by atoms with E-state index in [-0.39, 0.29) is 9.92 Å². The van der Waals surface area contributed by atoms with Gasteiger partial charge in [-0.05, 0) is 18.1 Å². The maximum absolute atomic E-state index is 11.1. The second kappa shape index (κ2) is 3.86. The first-order valence-corrected chi connectivity index (χ1v) is 6.37. The van der Waals surface area contributed by atoms with Gasteiger partial charge in [0, 0.05) is 10.7 Å². The fourth-order valence-corrected chi connectivity index (χ4v) is 3.10. The first kappa shape index (κ1) is 10.8. The Balaban J connectivity index is 3.50. The highest BCUT2D eigenvalue weighted by atomic mass is 35.7. The third-order valence-electron chi connectivity index (χ3n) is 1.67. The molecule has 1 aromatic rings. The smallest absolute Gasteiger partial charge is 0.207 e. The summed E-state index contributed by atoms with van der Waals surface area (Å²) in [6, 6.07) is 4.91. The van der Waals surface area contributed by atoms with Crippen LogP contribution in [0.3, 0.4) is 0 Å². The molecule has 5 heteroatoms. The van der Waals surface area contributed by atoms with Crippen molar-refractivity contribution < 1.29 is 8.42 Å². The van der Waals surface area contributed by atoms with E-state index in [1.165, 1.54) is 6.07 Å². The second-order valence-electron chi connectivity index (χ2n) is 2.52. The molecule has 0 heterocycles. The van der Waals surface area contributed by atoms with Gasteiger partial charge in [0.2, 0.25) is 0 Å². The molecule has 13 heavy (non-hydrogen) atoms. The van der Waals surface area contributed by atoms with Crippen molar-refractivity contribution in [3.8, 4) is 0 Å². The SMILES string of the molecule is CCc1cccc(Cl)c1S(=O)(=O)Cl. The average Bonchev–Trinajstić information content (AvgIpc) is 2.01. The van der Waals surface area contributed by atoms with E-state index in [4.69, 9.17) is 22.3 Å². The van der Waals surface area contributed by atoms with Crippen LogP contribution in [0.1, 0.15) is 12.5 Å². The Hall–Kier alpha value is -0.250. The summed E-state index contributed by atoms with van der Waals surface area (Å²) in [5.41, 5.74) is 0.641. The Bertz CT molecular complexity index is 412. The van der Waals surface area contributed by atoms with Crippen molar-refractivity contribution >= 4 is 31.3 Å². The minimum Gasteiger partial charge on any atom is -0.207 e. The van der Waals surface area contributed by atoms with Crippen molar-refractivity contribution in [3.63, 3.8) is 0 Å². The van der Waals surface area contributed by atoms with Crippen molar-refractivity contribution in [2.45, 2.75) is 18.2 Å². The van der Waals surface area contributed by atoms with Crippen molar-refractivity contribution in [1.82, 2.24) is 0 Å². The van der Waals surface area contributed by atoms with Gasteiger partial charge in [-0.3, -0.25) is 0 Å². The lowest BCUT2D eigenvalue weighted by atomic mass is 10.2. The summed E-state index contributed by atoms with van der Waals surface area (Å²) in [7, 11) is 1.50. The van der Waals surface area contributed by atoms with E-state index >= 15 is 0 Å². The predicted octanol–water partition coefficient (Wildman–Crippen LogP) is 2.83. The third kappa shape index (κ3) is 2.36. The molecule has 0 aliphatic rings. The lowest BCUT2D eigenvalue weighted by Gasteiger charge is -2.05. The molecule has 0 bridgehead atoms. The van der Waals surface area contributed by atoms with E-state index in [0.29, 0.717) is 12.0 Å². The number of hydrogen-bond donors (Lipinski definition) is 0. The van der Waals surface area contributed by atoms with E-state index < -0.39 is 9.05 Å². The number of aryl methyl sites for hydroxylation is 1. The molecule has 0 N–H and O–H groups in total. The molecule has 2 nitrogen and oxygen atoms in total. The first-order chi connectivity index (χ1) is 5.96. The van der Waals surface area contributed by atoms with Gasteiger partial charge in [0.1, 0.15) is 4.90 Å². The van der Waals surface area contributed by atoms with Gasteiger partial charge in [-0.2, -0.15) is 0 Å². The average molecular weight is 239 g/mol. The second-order valence-corrected chi connectivity index (χ2v) is 5.43. The molecule has 0 aromatic heterocycles. The van der Waals surface area contributed by atoms with Gasteiger partial charge in [-0.15, -0.1) is 0 Å². The van der Waals surface area contributed by atoms with E-state index in [2.05, 4.69) is 0 Å². The topological polar surface area (TPSA) is 34.1 Å². The summed E-state index contributed by atoms with van der Waals surface area (Å²) in [6.07, 6.45) is 0.585. The molecule has 1 aromatic carbocycles. The summed E-state index contributed by atoms with van der Waals surface area (Å²) in [6.45, 7) is 1.84. The van der Waals surface area contributed by atoms with Crippen LogP contribution >= 0.6 is 22.3 Å². The van der Waals surface area contributed by atoms with Crippen LogP contribution in [0.4, 0.5) is 0 Å². The van der Waals surface area contributed by atoms with E-state index in [9.17, 15) is 8.42 Å². The molecule has 0 atom stereocenters. The number of rotatable bonds is 2. The molecular formula is C8H8Cl2O2S. The summed E-state index contributed by atoms with van der Waals surface area (Å²) in [5, 5.41) is 0.175. The number of halogens is 2. The van der Waals surface area contributed by atoms with Crippen LogP contribution in [0.25, 0.3) is 0 Å². The largest absolute Gasteiger partial charge is 0.263 e. The predicted molar refractivity (Wildman–Crippen MR) is 53.9 cm³/mol. The minimum absolute atomic E-state index is 0.0285. The van der Waals surface area contributed by atoms with Crippen LogP contribution in [-0.4, -0.2) is 8.42 Å². The van der Waals surface area contributed by atoms with Crippen molar-refractivity contribution in [2.24, 2.45) is 0 Å². The molecule has 0 saturated carbocycles. The van der Waals surface area contributed by atoms with Crippen LogP contribution in [0.5, 0.6) is 0 Å². The highest BCUT2D eigenvalue weighted by molar-refractivity contribution is 8.13. The quantitative estimate of drug-likeness (QED) is 0.743. The molecule has 1 rings (SSSR count). The van der Waals surface area contributed by atoms with Crippen LogP contribution in [0.2, 0.25) is 5.02 Å². The number of benzene rings is 1. The summed E-state index contributed by atoms with van der Waals surface area (Å²) in [5.74, 6) is 0. The molecule has 72 valence electrons. The van der Waals surface area contributed by atoms with E-state index in [1.54, 1.807) is 12.1 Å². The van der Waals surface area contributed by atoms with Crippen LogP contribution < -0.4 is 0 Å². The Morgan fingerprint density at radius 3 is 2.38 bits per heavy atom. The van der Waals surface area contributed by atoms with Gasteiger partial charge in [-0.25, -0.2) is 8.42 Å². The Labute approximate surface area is 86.9 Å². The van der Waals surface area contributed by atoms with Gasteiger partial charge in [0.25, 0.3) is 9.05 Å². The maximum atomic E-state index is 11.1. The molecule has 0 unspecified atom stereocenters. The molecule has 0 radical (unpaired) electrons. The molecule has 0 spiro atoms. The molecule has 0 fully saturated rings. The van der Waals surface area contributed by atoms with Crippen molar-refractivity contribution in [3.05, 3.63) is 28.8 Å². The van der Waals surface area contributed by atoms with Crippen molar-refractivity contribution in [1.29, 1.82) is 0 Å². The zero-order valence-electron chi connectivity index (χ0n) is 6.92. The third-order valence-corrected chi connectivity index (χ3v) is 3.53. The normalized spacial score (nSPS) is 11.6. The highest BCUT2D eigenvalue weighted by Gasteiger charge is 2.18. The van der Waals surface area contributed by atoms with Gasteiger partial charge in [0.05, 0.1) is 5.02 Å². The van der Waals surface area contributed by atoms with Crippen LogP contribution in [0, 0.1) is 0 Å². The van der Waals surface area contributed by atoms with E-state index in [0.717, 1.165) is 0 Å². The highest BCUT2D eigenvalue weighted by Crippen LogP contribution is 2.28. The molecule has 0 saturated heterocycles. The zero-order valence-corrected chi connectivity index (χ0v) is 9.25. The van der Waals surface area contributed by atoms with Gasteiger partial charge in [-0.1, -0.05) is 30.7 Å².